The summed E-state index contributed by atoms with van der Waals surface area (Å²) in [5.41, 5.74) is 2.14. The van der Waals surface area contributed by atoms with Crippen LogP contribution >= 0.6 is 11.6 Å². The first-order valence-corrected chi connectivity index (χ1v) is 6.94. The summed E-state index contributed by atoms with van der Waals surface area (Å²) in [6, 6.07) is 13.8. The number of methoxy groups -OCH3 is 1. The highest BCUT2D eigenvalue weighted by atomic mass is 35.5. The molecule has 0 atom stereocenters. The van der Waals surface area contributed by atoms with Crippen molar-refractivity contribution in [3.63, 3.8) is 0 Å². The smallest absolute Gasteiger partial charge is 0.336 e. The summed E-state index contributed by atoms with van der Waals surface area (Å²) in [5.74, 6) is -0.268. The summed E-state index contributed by atoms with van der Waals surface area (Å²) in [5, 5.41) is 10.5. The Hall–Kier alpha value is -2.59. The van der Waals surface area contributed by atoms with Gasteiger partial charge in [-0.2, -0.15) is 0 Å². The first-order chi connectivity index (χ1) is 10.6. The molecule has 22 heavy (non-hydrogen) atoms. The summed E-state index contributed by atoms with van der Waals surface area (Å²) in [6.07, 6.45) is 0. The third-order valence-electron chi connectivity index (χ3n) is 3.39. The van der Waals surface area contributed by atoms with Gasteiger partial charge in [-0.15, -0.1) is 0 Å². The maximum absolute atomic E-state index is 11.5. The average Bonchev–Trinajstić information content (AvgIpc) is 2.53. The normalized spacial score (nSPS) is 10.6. The Labute approximate surface area is 131 Å². The van der Waals surface area contributed by atoms with Gasteiger partial charge in [0.15, 0.2) is 0 Å². The number of hydrogen-bond acceptors (Lipinski definition) is 3. The Bertz CT molecular complexity index is 860. The lowest BCUT2D eigenvalue weighted by atomic mass is 10.0. The molecule has 110 valence electrons. The number of carbonyl (C=O) groups is 1. The van der Waals surface area contributed by atoms with E-state index >= 15 is 0 Å². The summed E-state index contributed by atoms with van der Waals surface area (Å²) < 4.78 is 5.12. The van der Waals surface area contributed by atoms with Crippen LogP contribution in [0.25, 0.3) is 22.2 Å². The van der Waals surface area contributed by atoms with Crippen molar-refractivity contribution in [2.45, 2.75) is 0 Å². The van der Waals surface area contributed by atoms with Crippen molar-refractivity contribution < 1.29 is 14.6 Å². The van der Waals surface area contributed by atoms with Gasteiger partial charge in [0.2, 0.25) is 0 Å². The van der Waals surface area contributed by atoms with Crippen molar-refractivity contribution in [3.05, 3.63) is 59.1 Å². The number of pyridine rings is 1. The Balaban J connectivity index is 2.22. The zero-order valence-electron chi connectivity index (χ0n) is 11.7. The number of carboxylic acid groups (broad SMARTS) is 1. The van der Waals surface area contributed by atoms with Crippen LogP contribution in [-0.2, 0) is 0 Å². The van der Waals surface area contributed by atoms with E-state index in [1.54, 1.807) is 43.5 Å². The van der Waals surface area contributed by atoms with Crippen molar-refractivity contribution in [1.82, 2.24) is 4.98 Å². The number of carboxylic acids is 1. The summed E-state index contributed by atoms with van der Waals surface area (Å²) >= 11 is 5.98. The molecule has 0 saturated carbocycles. The second kappa shape index (κ2) is 5.66. The highest BCUT2D eigenvalue weighted by Crippen LogP contribution is 2.27. The van der Waals surface area contributed by atoms with Crippen LogP contribution in [0.5, 0.6) is 5.75 Å². The van der Waals surface area contributed by atoms with Crippen LogP contribution in [0.3, 0.4) is 0 Å². The van der Waals surface area contributed by atoms with Crippen LogP contribution < -0.4 is 4.74 Å². The number of aromatic nitrogens is 1. The summed E-state index contributed by atoms with van der Waals surface area (Å²) in [4.78, 5) is 16.0. The maximum atomic E-state index is 11.5. The molecule has 1 N–H and O–H groups in total. The van der Waals surface area contributed by atoms with E-state index in [0.29, 0.717) is 21.6 Å². The van der Waals surface area contributed by atoms with Crippen LogP contribution in [0.15, 0.2) is 48.5 Å². The van der Waals surface area contributed by atoms with E-state index in [9.17, 15) is 9.90 Å². The Morgan fingerprint density at radius 2 is 1.86 bits per heavy atom. The minimum Gasteiger partial charge on any atom is -0.497 e. The lowest BCUT2D eigenvalue weighted by Crippen LogP contribution is -2.00. The molecule has 0 saturated heterocycles. The van der Waals surface area contributed by atoms with Gasteiger partial charge in [-0.3, -0.25) is 0 Å². The van der Waals surface area contributed by atoms with Crippen molar-refractivity contribution in [3.8, 4) is 17.0 Å². The lowest BCUT2D eigenvalue weighted by Gasteiger charge is -2.08. The molecule has 4 nitrogen and oxygen atoms in total. The van der Waals surface area contributed by atoms with E-state index in [0.717, 1.165) is 11.3 Å². The predicted octanol–water partition coefficient (Wildman–Crippen LogP) is 4.26. The second-order valence-corrected chi connectivity index (χ2v) is 5.19. The first-order valence-electron chi connectivity index (χ1n) is 6.56. The van der Waals surface area contributed by atoms with E-state index in [4.69, 9.17) is 16.3 Å². The van der Waals surface area contributed by atoms with Gasteiger partial charge in [0.05, 0.1) is 23.9 Å². The average molecular weight is 314 g/mol. The van der Waals surface area contributed by atoms with Crippen molar-refractivity contribution in [2.75, 3.05) is 7.11 Å². The topological polar surface area (TPSA) is 59.4 Å². The van der Waals surface area contributed by atoms with Crippen LogP contribution in [0.4, 0.5) is 0 Å². The van der Waals surface area contributed by atoms with E-state index in [-0.39, 0.29) is 5.56 Å². The molecule has 1 aromatic heterocycles. The number of ether oxygens (including phenoxy) is 1. The fraction of sp³-hybridized carbons (Fsp3) is 0.0588. The minimum atomic E-state index is -0.996. The fourth-order valence-corrected chi connectivity index (χ4v) is 2.45. The maximum Gasteiger partial charge on any atom is 0.336 e. The Kier molecular flexibility index (Phi) is 3.69. The number of rotatable bonds is 3. The quantitative estimate of drug-likeness (QED) is 0.784. The van der Waals surface area contributed by atoms with Crippen LogP contribution in [-0.4, -0.2) is 23.2 Å². The van der Waals surface area contributed by atoms with E-state index in [2.05, 4.69) is 4.98 Å². The lowest BCUT2D eigenvalue weighted by molar-refractivity contribution is 0.0699. The number of hydrogen-bond donors (Lipinski definition) is 1. The molecule has 0 unspecified atom stereocenters. The molecular weight excluding hydrogens is 302 g/mol. The number of halogens is 1. The van der Waals surface area contributed by atoms with E-state index < -0.39 is 5.97 Å². The zero-order chi connectivity index (χ0) is 15.7. The van der Waals surface area contributed by atoms with Crippen LogP contribution in [0, 0.1) is 0 Å². The van der Waals surface area contributed by atoms with Gasteiger partial charge < -0.3 is 9.84 Å². The third-order valence-corrected chi connectivity index (χ3v) is 3.62. The molecule has 2 aromatic carbocycles. The Morgan fingerprint density at radius 3 is 2.50 bits per heavy atom. The molecule has 0 aliphatic carbocycles. The molecule has 5 heteroatoms. The molecule has 0 aliphatic rings. The zero-order valence-corrected chi connectivity index (χ0v) is 12.5. The monoisotopic (exact) mass is 313 g/mol. The van der Waals surface area contributed by atoms with Gasteiger partial charge >= 0.3 is 5.97 Å². The van der Waals surface area contributed by atoms with E-state index in [1.165, 1.54) is 0 Å². The van der Waals surface area contributed by atoms with Gasteiger partial charge in [-0.1, -0.05) is 17.7 Å². The van der Waals surface area contributed by atoms with E-state index in [1.807, 2.05) is 12.1 Å². The molecule has 0 amide bonds. The number of nitrogens with zero attached hydrogens (tertiary/aromatic N) is 1. The molecule has 0 spiro atoms. The third kappa shape index (κ3) is 2.61. The molecular formula is C17H12ClNO3. The molecule has 3 rings (SSSR count). The number of aromatic carboxylic acids is 1. The molecule has 0 fully saturated rings. The Morgan fingerprint density at radius 1 is 1.14 bits per heavy atom. The molecule has 0 radical (unpaired) electrons. The predicted molar refractivity (Wildman–Crippen MR) is 85.7 cm³/mol. The molecule has 0 bridgehead atoms. The van der Waals surface area contributed by atoms with Gasteiger partial charge in [-0.25, -0.2) is 9.78 Å². The molecule has 3 aromatic rings. The van der Waals surface area contributed by atoms with Gasteiger partial charge in [0.25, 0.3) is 0 Å². The largest absolute Gasteiger partial charge is 0.497 e. The summed E-state index contributed by atoms with van der Waals surface area (Å²) in [6.45, 7) is 0. The molecule has 0 aliphatic heterocycles. The molecule has 1 heterocycles. The van der Waals surface area contributed by atoms with Gasteiger partial charge in [0.1, 0.15) is 5.75 Å². The van der Waals surface area contributed by atoms with Crippen LogP contribution in [0.1, 0.15) is 10.4 Å². The fourth-order valence-electron chi connectivity index (χ4n) is 2.29. The highest BCUT2D eigenvalue weighted by Gasteiger charge is 2.13. The number of benzene rings is 2. The van der Waals surface area contributed by atoms with Crippen molar-refractivity contribution in [1.29, 1.82) is 0 Å². The standard InChI is InChI=1S/C17H12ClNO3/c1-22-12-5-2-10(3-6-12)15-9-14(17(20)21)13-7-4-11(18)8-16(13)19-15/h2-9H,1H3,(H,20,21). The minimum absolute atomic E-state index is 0.201. The second-order valence-electron chi connectivity index (χ2n) is 4.75. The SMILES string of the molecule is COc1ccc(-c2cc(C(=O)O)c3ccc(Cl)cc3n2)cc1. The van der Waals surface area contributed by atoms with Crippen LogP contribution in [0.2, 0.25) is 5.02 Å². The summed E-state index contributed by atoms with van der Waals surface area (Å²) in [7, 11) is 1.59. The van der Waals surface area contributed by atoms with Crippen molar-refractivity contribution in [2.24, 2.45) is 0 Å². The van der Waals surface area contributed by atoms with Gasteiger partial charge in [0, 0.05) is 16.0 Å². The van der Waals surface area contributed by atoms with Gasteiger partial charge in [-0.05, 0) is 42.5 Å². The highest BCUT2D eigenvalue weighted by molar-refractivity contribution is 6.31. The van der Waals surface area contributed by atoms with Crippen molar-refractivity contribution >= 4 is 28.5 Å². The number of fused-ring (bicyclic) bond motifs is 1. The first kappa shape index (κ1) is 14.4.